The predicted octanol–water partition coefficient (Wildman–Crippen LogP) is 3.06. The Balaban J connectivity index is 2.42. The van der Waals surface area contributed by atoms with E-state index in [2.05, 4.69) is 32.8 Å². The molecule has 0 fully saturated rings. The third-order valence-electron chi connectivity index (χ3n) is 1.55. The van der Waals surface area contributed by atoms with E-state index in [1.807, 2.05) is 30.3 Å². The SMILES string of the molecule is CC(C)(C)COC#Cc1ccccc1. The second kappa shape index (κ2) is 4.72. The zero-order valence-corrected chi connectivity index (χ0v) is 9.00. The molecule has 0 unspecified atom stereocenters. The summed E-state index contributed by atoms with van der Waals surface area (Å²) in [7, 11) is 0. The molecule has 0 radical (unpaired) electrons. The van der Waals surface area contributed by atoms with Gasteiger partial charge in [-0.1, -0.05) is 39.0 Å². The van der Waals surface area contributed by atoms with Gasteiger partial charge in [0.1, 0.15) is 12.7 Å². The van der Waals surface area contributed by atoms with Crippen LogP contribution in [0.5, 0.6) is 0 Å². The summed E-state index contributed by atoms with van der Waals surface area (Å²) in [5.74, 6) is 2.94. The zero-order chi connectivity index (χ0) is 10.4. The molecule has 1 aromatic rings. The van der Waals surface area contributed by atoms with Crippen LogP contribution in [0.2, 0.25) is 0 Å². The van der Waals surface area contributed by atoms with Crippen LogP contribution in [0, 0.1) is 17.4 Å². The molecule has 1 heteroatoms. The van der Waals surface area contributed by atoms with Crippen molar-refractivity contribution in [3.8, 4) is 12.0 Å². The first kappa shape index (κ1) is 10.7. The molecule has 1 aromatic carbocycles. The van der Waals surface area contributed by atoms with Gasteiger partial charge in [0.05, 0.1) is 0 Å². The van der Waals surface area contributed by atoms with E-state index in [1.165, 1.54) is 0 Å². The molecule has 0 spiro atoms. The van der Waals surface area contributed by atoms with Crippen LogP contribution < -0.4 is 0 Å². The Morgan fingerprint density at radius 2 is 1.79 bits per heavy atom. The van der Waals surface area contributed by atoms with Crippen LogP contribution in [-0.2, 0) is 4.74 Å². The van der Waals surface area contributed by atoms with Gasteiger partial charge in [-0.15, -0.1) is 0 Å². The standard InChI is InChI=1S/C13H16O/c1-13(2,3)11-14-10-9-12-7-5-4-6-8-12/h4-8H,11H2,1-3H3. The molecule has 0 aliphatic rings. The summed E-state index contributed by atoms with van der Waals surface area (Å²) in [6.07, 6.45) is 2.71. The van der Waals surface area contributed by atoms with Gasteiger partial charge in [-0.25, -0.2) is 0 Å². The average Bonchev–Trinajstić information content (AvgIpc) is 2.13. The lowest BCUT2D eigenvalue weighted by Gasteiger charge is -2.14. The van der Waals surface area contributed by atoms with Crippen molar-refractivity contribution in [2.24, 2.45) is 5.41 Å². The first-order chi connectivity index (χ1) is 6.58. The molecule has 0 atom stereocenters. The van der Waals surface area contributed by atoms with E-state index in [9.17, 15) is 0 Å². The molecule has 0 saturated carbocycles. The fourth-order valence-electron chi connectivity index (χ4n) is 0.869. The molecule has 0 aliphatic carbocycles. The fourth-order valence-corrected chi connectivity index (χ4v) is 0.869. The Labute approximate surface area is 86.1 Å². The minimum Gasteiger partial charge on any atom is -0.446 e. The average molecular weight is 188 g/mol. The summed E-state index contributed by atoms with van der Waals surface area (Å²) in [4.78, 5) is 0. The molecule has 0 aliphatic heterocycles. The number of benzene rings is 1. The van der Waals surface area contributed by atoms with Crippen LogP contribution in [0.15, 0.2) is 30.3 Å². The van der Waals surface area contributed by atoms with Crippen LogP contribution in [0.25, 0.3) is 0 Å². The number of hydrogen-bond donors (Lipinski definition) is 0. The number of hydrogen-bond acceptors (Lipinski definition) is 1. The zero-order valence-electron chi connectivity index (χ0n) is 9.00. The summed E-state index contributed by atoms with van der Waals surface area (Å²) in [6.45, 7) is 7.03. The maximum absolute atomic E-state index is 5.24. The van der Waals surface area contributed by atoms with Crippen LogP contribution in [0.3, 0.4) is 0 Å². The van der Waals surface area contributed by atoms with E-state index < -0.39 is 0 Å². The second-order valence-corrected chi connectivity index (χ2v) is 4.44. The van der Waals surface area contributed by atoms with Crippen molar-refractivity contribution in [1.82, 2.24) is 0 Å². The van der Waals surface area contributed by atoms with Crippen molar-refractivity contribution >= 4 is 0 Å². The van der Waals surface area contributed by atoms with Gasteiger partial charge < -0.3 is 4.74 Å². The lowest BCUT2D eigenvalue weighted by atomic mass is 9.99. The predicted molar refractivity (Wildman–Crippen MR) is 58.7 cm³/mol. The highest BCUT2D eigenvalue weighted by atomic mass is 16.5. The monoisotopic (exact) mass is 188 g/mol. The fraction of sp³-hybridized carbons (Fsp3) is 0.385. The first-order valence-electron chi connectivity index (χ1n) is 4.76. The van der Waals surface area contributed by atoms with E-state index >= 15 is 0 Å². The Bertz CT molecular complexity index is 322. The van der Waals surface area contributed by atoms with E-state index in [4.69, 9.17) is 4.74 Å². The molecule has 0 amide bonds. The number of ether oxygens (including phenoxy) is 1. The van der Waals surface area contributed by atoms with Gasteiger partial charge in [0.2, 0.25) is 0 Å². The molecule has 0 N–H and O–H groups in total. The van der Waals surface area contributed by atoms with Gasteiger partial charge in [0, 0.05) is 5.56 Å². The molecule has 0 saturated heterocycles. The molecular formula is C13H16O. The Kier molecular flexibility index (Phi) is 3.59. The van der Waals surface area contributed by atoms with Gasteiger partial charge in [0.15, 0.2) is 0 Å². The highest BCUT2D eigenvalue weighted by molar-refractivity contribution is 5.32. The summed E-state index contributed by atoms with van der Waals surface area (Å²) >= 11 is 0. The molecule has 0 aromatic heterocycles. The number of rotatable bonds is 1. The van der Waals surface area contributed by atoms with Gasteiger partial charge in [0.25, 0.3) is 0 Å². The van der Waals surface area contributed by atoms with Crippen molar-refractivity contribution in [1.29, 1.82) is 0 Å². The van der Waals surface area contributed by atoms with Gasteiger partial charge >= 0.3 is 0 Å². The first-order valence-corrected chi connectivity index (χ1v) is 4.76. The minimum absolute atomic E-state index is 0.172. The van der Waals surface area contributed by atoms with Gasteiger partial charge in [-0.2, -0.15) is 0 Å². The van der Waals surface area contributed by atoms with Crippen LogP contribution in [0.4, 0.5) is 0 Å². The maximum atomic E-state index is 5.24. The van der Waals surface area contributed by atoms with E-state index in [0.717, 1.165) is 5.56 Å². The molecule has 14 heavy (non-hydrogen) atoms. The highest BCUT2D eigenvalue weighted by Gasteiger charge is 2.09. The molecular weight excluding hydrogens is 172 g/mol. The van der Waals surface area contributed by atoms with E-state index in [1.54, 1.807) is 0 Å². The third-order valence-corrected chi connectivity index (χ3v) is 1.55. The van der Waals surface area contributed by atoms with E-state index in [-0.39, 0.29) is 5.41 Å². The normalized spacial score (nSPS) is 10.2. The van der Waals surface area contributed by atoms with Crippen LogP contribution in [0.1, 0.15) is 26.3 Å². The smallest absolute Gasteiger partial charge is 0.115 e. The minimum atomic E-state index is 0.172. The lowest BCUT2D eigenvalue weighted by Crippen LogP contribution is -2.12. The maximum Gasteiger partial charge on any atom is 0.115 e. The Morgan fingerprint density at radius 1 is 1.14 bits per heavy atom. The van der Waals surface area contributed by atoms with Crippen LogP contribution in [-0.4, -0.2) is 6.61 Å². The lowest BCUT2D eigenvalue weighted by molar-refractivity contribution is 0.170. The summed E-state index contributed by atoms with van der Waals surface area (Å²) < 4.78 is 5.24. The molecule has 0 bridgehead atoms. The van der Waals surface area contributed by atoms with Crippen molar-refractivity contribution in [3.05, 3.63) is 35.9 Å². The van der Waals surface area contributed by atoms with Gasteiger partial charge in [-0.3, -0.25) is 0 Å². The molecule has 74 valence electrons. The van der Waals surface area contributed by atoms with Crippen molar-refractivity contribution < 1.29 is 4.74 Å². The Morgan fingerprint density at radius 3 is 2.36 bits per heavy atom. The van der Waals surface area contributed by atoms with Crippen LogP contribution >= 0.6 is 0 Å². The van der Waals surface area contributed by atoms with Crippen molar-refractivity contribution in [2.75, 3.05) is 6.61 Å². The molecule has 1 nitrogen and oxygen atoms in total. The quantitative estimate of drug-likeness (QED) is 0.615. The largest absolute Gasteiger partial charge is 0.446 e. The topological polar surface area (TPSA) is 9.23 Å². The Hall–Kier alpha value is -1.42. The summed E-state index contributed by atoms with van der Waals surface area (Å²) in [5.41, 5.74) is 1.16. The highest BCUT2D eigenvalue weighted by Crippen LogP contribution is 2.12. The van der Waals surface area contributed by atoms with E-state index in [0.29, 0.717) is 6.61 Å². The molecule has 1 rings (SSSR count). The summed E-state index contributed by atoms with van der Waals surface area (Å²) in [5, 5.41) is 0. The third kappa shape index (κ3) is 4.57. The van der Waals surface area contributed by atoms with Crippen molar-refractivity contribution in [2.45, 2.75) is 20.8 Å². The second-order valence-electron chi connectivity index (χ2n) is 4.44. The molecule has 0 heterocycles. The van der Waals surface area contributed by atoms with Crippen molar-refractivity contribution in [3.63, 3.8) is 0 Å². The van der Waals surface area contributed by atoms with Gasteiger partial charge in [-0.05, 0) is 23.5 Å². The summed E-state index contributed by atoms with van der Waals surface area (Å²) in [6, 6.07) is 9.84.